The normalized spacial score (nSPS) is 14.2. The molecular formula is C16H28N2O6S2. The van der Waals surface area contributed by atoms with Crippen molar-refractivity contribution in [2.45, 2.75) is 75.0 Å². The topological polar surface area (TPSA) is 133 Å². The molecule has 8 nitrogen and oxygen atoms in total. The van der Waals surface area contributed by atoms with Gasteiger partial charge in [-0.3, -0.25) is 9.59 Å². The van der Waals surface area contributed by atoms with Gasteiger partial charge < -0.3 is 20.8 Å². The monoisotopic (exact) mass is 408 g/mol. The SMILES string of the molecule is CC(C)(S)C(NC(=O)CCCCC(=O)NC(C(=O)O)C(C)(C)S)C(=O)O. The summed E-state index contributed by atoms with van der Waals surface area (Å²) >= 11 is 8.34. The van der Waals surface area contributed by atoms with Gasteiger partial charge in [0.25, 0.3) is 0 Å². The molecule has 0 spiro atoms. The molecular weight excluding hydrogens is 380 g/mol. The standard InChI is InChI=1S/C16H28N2O6S2/c1-15(2,25)11(13(21)22)17-9(19)7-5-6-8-10(20)18-12(14(23)24)16(3,4)26/h11-12,25-26H,5-8H2,1-4H3,(H,17,19)(H,18,20)(H,21,22)(H,23,24). The van der Waals surface area contributed by atoms with E-state index in [1.54, 1.807) is 27.7 Å². The van der Waals surface area contributed by atoms with Gasteiger partial charge in [-0.1, -0.05) is 0 Å². The van der Waals surface area contributed by atoms with Gasteiger partial charge in [-0.2, -0.15) is 25.3 Å². The molecule has 26 heavy (non-hydrogen) atoms. The van der Waals surface area contributed by atoms with Crippen LogP contribution < -0.4 is 10.6 Å². The van der Waals surface area contributed by atoms with Crippen molar-refractivity contribution < 1.29 is 29.4 Å². The second-order valence-corrected chi connectivity index (χ2v) is 9.50. The fraction of sp³-hybridized carbons (Fsp3) is 0.750. The van der Waals surface area contributed by atoms with Crippen molar-refractivity contribution >= 4 is 49.0 Å². The number of rotatable bonds is 11. The van der Waals surface area contributed by atoms with Crippen molar-refractivity contribution in [3.8, 4) is 0 Å². The first-order chi connectivity index (χ1) is 11.7. The van der Waals surface area contributed by atoms with Crippen LogP contribution in [0.5, 0.6) is 0 Å². The van der Waals surface area contributed by atoms with Gasteiger partial charge in [-0.05, 0) is 40.5 Å². The molecule has 0 aliphatic rings. The van der Waals surface area contributed by atoms with E-state index in [0.29, 0.717) is 12.8 Å². The zero-order valence-corrected chi connectivity index (χ0v) is 17.2. The van der Waals surface area contributed by atoms with Crippen LogP contribution in [-0.4, -0.2) is 55.5 Å². The highest BCUT2D eigenvalue weighted by Crippen LogP contribution is 2.19. The number of hydrogen-bond acceptors (Lipinski definition) is 6. The van der Waals surface area contributed by atoms with Crippen LogP contribution >= 0.6 is 25.3 Å². The van der Waals surface area contributed by atoms with E-state index in [4.69, 9.17) is 10.2 Å². The van der Waals surface area contributed by atoms with Crippen LogP contribution in [0.1, 0.15) is 53.4 Å². The Morgan fingerprint density at radius 2 is 1.04 bits per heavy atom. The highest BCUT2D eigenvalue weighted by molar-refractivity contribution is 7.82. The lowest BCUT2D eigenvalue weighted by Gasteiger charge is -2.27. The molecule has 0 saturated carbocycles. The van der Waals surface area contributed by atoms with Gasteiger partial charge in [0.05, 0.1) is 0 Å². The van der Waals surface area contributed by atoms with E-state index in [-0.39, 0.29) is 12.8 Å². The van der Waals surface area contributed by atoms with Crippen molar-refractivity contribution in [2.75, 3.05) is 0 Å². The van der Waals surface area contributed by atoms with Gasteiger partial charge in [0.1, 0.15) is 12.1 Å². The molecule has 0 fully saturated rings. The van der Waals surface area contributed by atoms with Gasteiger partial charge in [0.2, 0.25) is 11.8 Å². The zero-order chi connectivity index (χ0) is 20.7. The van der Waals surface area contributed by atoms with Crippen LogP contribution in [0.3, 0.4) is 0 Å². The lowest BCUT2D eigenvalue weighted by molar-refractivity contribution is -0.143. The minimum atomic E-state index is -1.17. The van der Waals surface area contributed by atoms with Crippen LogP contribution in [0.15, 0.2) is 0 Å². The molecule has 0 heterocycles. The highest BCUT2D eigenvalue weighted by Gasteiger charge is 2.34. The lowest BCUT2D eigenvalue weighted by Crippen LogP contribution is -2.51. The number of carbonyl (C=O) groups excluding carboxylic acids is 2. The number of aliphatic carboxylic acids is 2. The summed E-state index contributed by atoms with van der Waals surface area (Å²) in [6.07, 6.45) is 0.837. The summed E-state index contributed by atoms with van der Waals surface area (Å²) in [5, 5.41) is 23.1. The van der Waals surface area contributed by atoms with E-state index in [2.05, 4.69) is 35.9 Å². The third-order valence-electron chi connectivity index (χ3n) is 3.58. The molecule has 0 rings (SSSR count). The summed E-state index contributed by atoms with van der Waals surface area (Å²) in [6, 6.07) is -2.26. The maximum absolute atomic E-state index is 11.9. The molecule has 2 unspecified atom stereocenters. The van der Waals surface area contributed by atoms with Gasteiger partial charge in [0, 0.05) is 22.3 Å². The summed E-state index contributed by atoms with van der Waals surface area (Å²) in [7, 11) is 0. The van der Waals surface area contributed by atoms with Crippen LogP contribution in [0.2, 0.25) is 0 Å². The van der Waals surface area contributed by atoms with Crippen molar-refractivity contribution in [2.24, 2.45) is 0 Å². The van der Waals surface area contributed by atoms with Crippen molar-refractivity contribution in [1.29, 1.82) is 0 Å². The molecule has 0 aliphatic heterocycles. The Morgan fingerprint density at radius 1 is 0.769 bits per heavy atom. The molecule has 4 N–H and O–H groups in total. The Bertz CT molecular complexity index is 492. The zero-order valence-electron chi connectivity index (χ0n) is 15.4. The number of hydrogen-bond donors (Lipinski definition) is 6. The van der Waals surface area contributed by atoms with Crippen molar-refractivity contribution in [3.63, 3.8) is 0 Å². The number of carboxylic acids is 2. The van der Waals surface area contributed by atoms with Gasteiger partial charge in [0.15, 0.2) is 0 Å². The molecule has 0 aromatic rings. The third kappa shape index (κ3) is 9.33. The quantitative estimate of drug-likeness (QED) is 0.224. The van der Waals surface area contributed by atoms with Gasteiger partial charge in [-0.25, -0.2) is 9.59 Å². The first kappa shape index (κ1) is 24.6. The molecule has 0 bridgehead atoms. The predicted octanol–water partition coefficient (Wildman–Crippen LogP) is 1.10. The van der Waals surface area contributed by atoms with Crippen molar-refractivity contribution in [1.82, 2.24) is 10.6 Å². The Morgan fingerprint density at radius 3 is 1.23 bits per heavy atom. The highest BCUT2D eigenvalue weighted by atomic mass is 32.1. The number of carboxylic acid groups (broad SMARTS) is 2. The smallest absolute Gasteiger partial charge is 0.327 e. The largest absolute Gasteiger partial charge is 0.480 e. The third-order valence-corrected chi connectivity index (χ3v) is 4.09. The lowest BCUT2D eigenvalue weighted by atomic mass is 10.0. The molecule has 2 amide bonds. The maximum atomic E-state index is 11.9. The van der Waals surface area contributed by atoms with E-state index in [1.807, 2.05) is 0 Å². The van der Waals surface area contributed by atoms with E-state index in [9.17, 15) is 19.2 Å². The number of unbranched alkanes of at least 4 members (excludes halogenated alkanes) is 1. The fourth-order valence-corrected chi connectivity index (χ4v) is 2.47. The molecule has 150 valence electrons. The molecule has 2 atom stereocenters. The predicted molar refractivity (Wildman–Crippen MR) is 104 cm³/mol. The fourth-order valence-electron chi connectivity index (χ4n) is 2.12. The summed E-state index contributed by atoms with van der Waals surface area (Å²) in [5.41, 5.74) is 0. The van der Waals surface area contributed by atoms with E-state index >= 15 is 0 Å². The van der Waals surface area contributed by atoms with Crippen LogP contribution in [-0.2, 0) is 19.2 Å². The van der Waals surface area contributed by atoms with Gasteiger partial charge in [-0.15, -0.1) is 0 Å². The molecule has 0 aromatic heterocycles. The number of thiol groups is 2. The second kappa shape index (κ2) is 10.1. The molecule has 0 aromatic carbocycles. The molecule has 0 radical (unpaired) electrons. The summed E-state index contributed by atoms with van der Waals surface area (Å²) < 4.78 is -1.85. The van der Waals surface area contributed by atoms with Crippen molar-refractivity contribution in [3.05, 3.63) is 0 Å². The number of carbonyl (C=O) groups is 4. The Kier molecular flexibility index (Phi) is 9.50. The summed E-state index contributed by atoms with van der Waals surface area (Å²) in [5.74, 6) is -3.24. The number of amides is 2. The van der Waals surface area contributed by atoms with Crippen LogP contribution in [0.4, 0.5) is 0 Å². The molecule has 10 heteroatoms. The summed E-state index contributed by atoms with van der Waals surface area (Å²) in [4.78, 5) is 46.0. The maximum Gasteiger partial charge on any atom is 0.327 e. The molecule has 0 aliphatic carbocycles. The number of nitrogens with one attached hydrogen (secondary N) is 2. The first-order valence-corrected chi connectivity index (χ1v) is 9.04. The van der Waals surface area contributed by atoms with Gasteiger partial charge >= 0.3 is 11.9 Å². The Hall–Kier alpha value is -1.42. The Balaban J connectivity index is 4.33. The average Bonchev–Trinajstić information content (AvgIpc) is 2.43. The van der Waals surface area contributed by atoms with E-state index < -0.39 is 45.3 Å². The van der Waals surface area contributed by atoms with Crippen LogP contribution in [0, 0.1) is 0 Å². The van der Waals surface area contributed by atoms with E-state index in [0.717, 1.165) is 0 Å². The minimum Gasteiger partial charge on any atom is -0.480 e. The van der Waals surface area contributed by atoms with E-state index in [1.165, 1.54) is 0 Å². The summed E-state index contributed by atoms with van der Waals surface area (Å²) in [6.45, 7) is 6.34. The Labute approximate surface area is 164 Å². The minimum absolute atomic E-state index is 0.0569. The molecule has 0 saturated heterocycles. The average molecular weight is 409 g/mol. The second-order valence-electron chi connectivity index (χ2n) is 7.19. The first-order valence-electron chi connectivity index (χ1n) is 8.15. The van der Waals surface area contributed by atoms with Crippen LogP contribution in [0.25, 0.3) is 0 Å².